The van der Waals surface area contributed by atoms with Crippen molar-refractivity contribution in [3.63, 3.8) is 0 Å². The Kier molecular flexibility index (Phi) is 4.56. The molecule has 1 aromatic heterocycles. The average Bonchev–Trinajstić information content (AvgIpc) is 2.39. The summed E-state index contributed by atoms with van der Waals surface area (Å²) in [5, 5.41) is 0.698. The van der Waals surface area contributed by atoms with Gasteiger partial charge in [0.1, 0.15) is 12.4 Å². The lowest BCUT2D eigenvalue weighted by Crippen LogP contribution is -2.06. The van der Waals surface area contributed by atoms with Crippen molar-refractivity contribution in [1.82, 2.24) is 4.98 Å². The van der Waals surface area contributed by atoms with Gasteiger partial charge in [-0.25, -0.2) is 0 Å². The maximum atomic E-state index is 5.96. The van der Waals surface area contributed by atoms with Gasteiger partial charge in [0, 0.05) is 11.2 Å². The first-order chi connectivity index (χ1) is 8.79. The minimum atomic E-state index is 0.444. The van der Waals surface area contributed by atoms with E-state index in [1.165, 1.54) is 0 Å². The molecular weight excluding hydrogens is 248 g/mol. The van der Waals surface area contributed by atoms with Gasteiger partial charge in [-0.05, 0) is 48.9 Å². The van der Waals surface area contributed by atoms with E-state index < -0.39 is 0 Å². The fourth-order valence-electron chi connectivity index (χ4n) is 1.67. The zero-order valence-corrected chi connectivity index (χ0v) is 10.7. The van der Waals surface area contributed by atoms with Gasteiger partial charge in [-0.3, -0.25) is 4.98 Å². The minimum absolute atomic E-state index is 0.444. The summed E-state index contributed by atoms with van der Waals surface area (Å²) in [6.45, 7) is 1.01. The number of benzene rings is 1. The highest BCUT2D eigenvalue weighted by Gasteiger charge is 2.05. The lowest BCUT2D eigenvalue weighted by molar-refractivity contribution is 0.298. The van der Waals surface area contributed by atoms with Crippen LogP contribution in [0.2, 0.25) is 5.02 Å². The number of hydrogen-bond acceptors (Lipinski definition) is 3. The molecule has 0 saturated heterocycles. The number of nitrogens with zero attached hydrogens (tertiary/aromatic N) is 1. The Balaban J connectivity index is 2.09. The molecule has 1 aromatic carbocycles. The van der Waals surface area contributed by atoms with Crippen LogP contribution >= 0.6 is 11.6 Å². The highest BCUT2D eigenvalue weighted by atomic mass is 35.5. The van der Waals surface area contributed by atoms with Crippen LogP contribution in [-0.4, -0.2) is 11.5 Å². The predicted molar refractivity (Wildman–Crippen MR) is 72.8 cm³/mol. The molecular formula is C14H15ClN2O. The lowest BCUT2D eigenvalue weighted by Gasteiger charge is -2.11. The van der Waals surface area contributed by atoms with E-state index in [0.29, 0.717) is 18.2 Å². The van der Waals surface area contributed by atoms with Gasteiger partial charge in [0.25, 0.3) is 0 Å². The number of pyridine rings is 1. The molecule has 0 radical (unpaired) electrons. The van der Waals surface area contributed by atoms with Crippen LogP contribution in [0.15, 0.2) is 42.6 Å². The summed E-state index contributed by atoms with van der Waals surface area (Å²) in [6.07, 6.45) is 2.50. The Hall–Kier alpha value is -1.58. The summed E-state index contributed by atoms with van der Waals surface area (Å²) in [7, 11) is 0. The van der Waals surface area contributed by atoms with Crippen LogP contribution < -0.4 is 10.5 Å². The van der Waals surface area contributed by atoms with Gasteiger partial charge >= 0.3 is 0 Å². The highest BCUT2D eigenvalue weighted by molar-refractivity contribution is 6.30. The third-order valence-corrected chi connectivity index (χ3v) is 2.77. The van der Waals surface area contributed by atoms with Crippen molar-refractivity contribution in [2.24, 2.45) is 5.73 Å². The first kappa shape index (κ1) is 12.9. The number of rotatable bonds is 5. The topological polar surface area (TPSA) is 48.1 Å². The lowest BCUT2D eigenvalue weighted by atomic mass is 10.1. The molecule has 0 amide bonds. The first-order valence-electron chi connectivity index (χ1n) is 5.81. The first-order valence-corrected chi connectivity index (χ1v) is 6.18. The normalized spacial score (nSPS) is 10.3. The monoisotopic (exact) mass is 262 g/mol. The molecule has 18 heavy (non-hydrogen) atoms. The minimum Gasteiger partial charge on any atom is -0.487 e. The zero-order chi connectivity index (χ0) is 12.8. The largest absolute Gasteiger partial charge is 0.487 e. The molecule has 1 heterocycles. The van der Waals surface area contributed by atoms with Crippen LogP contribution in [0.1, 0.15) is 11.3 Å². The van der Waals surface area contributed by atoms with E-state index in [0.717, 1.165) is 23.4 Å². The molecule has 0 bridgehead atoms. The number of halogens is 1. The van der Waals surface area contributed by atoms with Crippen LogP contribution in [0.25, 0.3) is 0 Å². The van der Waals surface area contributed by atoms with E-state index in [9.17, 15) is 0 Å². The maximum Gasteiger partial charge on any atom is 0.130 e. The quantitative estimate of drug-likeness (QED) is 0.901. The third kappa shape index (κ3) is 3.45. The van der Waals surface area contributed by atoms with Crippen LogP contribution in [0.4, 0.5) is 0 Å². The Labute approximate surface area is 112 Å². The fraction of sp³-hybridized carbons (Fsp3) is 0.214. The predicted octanol–water partition coefficient (Wildman–Crippen LogP) is 2.82. The summed E-state index contributed by atoms with van der Waals surface area (Å²) in [4.78, 5) is 4.21. The smallest absolute Gasteiger partial charge is 0.130 e. The van der Waals surface area contributed by atoms with Gasteiger partial charge in [-0.2, -0.15) is 0 Å². The summed E-state index contributed by atoms with van der Waals surface area (Å²) in [6, 6.07) is 11.3. The Morgan fingerprint density at radius 2 is 2.11 bits per heavy atom. The van der Waals surface area contributed by atoms with Crippen LogP contribution in [0, 0.1) is 0 Å². The SMILES string of the molecule is NCCc1cc(Cl)ccc1OCc1ccccn1. The zero-order valence-electron chi connectivity index (χ0n) is 9.97. The van der Waals surface area contributed by atoms with Crippen molar-refractivity contribution in [2.45, 2.75) is 13.0 Å². The van der Waals surface area contributed by atoms with E-state index in [1.807, 2.05) is 36.4 Å². The van der Waals surface area contributed by atoms with Gasteiger partial charge in [-0.1, -0.05) is 17.7 Å². The number of aromatic nitrogens is 1. The van der Waals surface area contributed by atoms with Gasteiger partial charge in [0.2, 0.25) is 0 Å². The Morgan fingerprint density at radius 1 is 1.22 bits per heavy atom. The molecule has 0 atom stereocenters. The van der Waals surface area contributed by atoms with E-state index in [1.54, 1.807) is 6.20 Å². The third-order valence-electron chi connectivity index (χ3n) is 2.54. The average molecular weight is 263 g/mol. The molecule has 3 nitrogen and oxygen atoms in total. The van der Waals surface area contributed by atoms with Gasteiger partial charge in [0.15, 0.2) is 0 Å². The molecule has 0 aliphatic carbocycles. The van der Waals surface area contributed by atoms with Gasteiger partial charge in [0.05, 0.1) is 5.69 Å². The number of nitrogens with two attached hydrogens (primary N) is 1. The second-order valence-corrected chi connectivity index (χ2v) is 4.34. The molecule has 0 aliphatic rings. The van der Waals surface area contributed by atoms with Crippen molar-refractivity contribution >= 4 is 11.6 Å². The second kappa shape index (κ2) is 6.38. The van der Waals surface area contributed by atoms with Gasteiger partial charge < -0.3 is 10.5 Å². The molecule has 0 fully saturated rings. The summed E-state index contributed by atoms with van der Waals surface area (Å²) >= 11 is 5.96. The molecule has 4 heteroatoms. The van der Waals surface area contributed by atoms with E-state index in [-0.39, 0.29) is 0 Å². The van der Waals surface area contributed by atoms with Crippen molar-refractivity contribution < 1.29 is 4.74 Å². The maximum absolute atomic E-state index is 5.96. The van der Waals surface area contributed by atoms with Crippen molar-refractivity contribution in [3.8, 4) is 5.75 Å². The van der Waals surface area contributed by atoms with Crippen molar-refractivity contribution in [2.75, 3.05) is 6.54 Å². The molecule has 2 aromatic rings. The molecule has 0 saturated carbocycles. The molecule has 2 N–H and O–H groups in total. The van der Waals surface area contributed by atoms with E-state index in [4.69, 9.17) is 22.1 Å². The Morgan fingerprint density at radius 3 is 2.83 bits per heavy atom. The molecule has 0 unspecified atom stereocenters. The molecule has 2 rings (SSSR count). The molecule has 94 valence electrons. The summed E-state index contributed by atoms with van der Waals surface area (Å²) < 4.78 is 5.75. The van der Waals surface area contributed by atoms with Crippen LogP contribution in [0.3, 0.4) is 0 Å². The Bertz CT molecular complexity index is 502. The van der Waals surface area contributed by atoms with Crippen LogP contribution in [0.5, 0.6) is 5.75 Å². The highest BCUT2D eigenvalue weighted by Crippen LogP contribution is 2.23. The second-order valence-electron chi connectivity index (χ2n) is 3.90. The van der Waals surface area contributed by atoms with Gasteiger partial charge in [-0.15, -0.1) is 0 Å². The standard InChI is InChI=1S/C14H15ClN2O/c15-12-4-5-14(11(9-12)6-7-16)18-10-13-3-1-2-8-17-13/h1-5,8-9H,6-7,10,16H2. The van der Waals surface area contributed by atoms with Crippen molar-refractivity contribution in [3.05, 3.63) is 58.9 Å². The van der Waals surface area contributed by atoms with Crippen molar-refractivity contribution in [1.29, 1.82) is 0 Å². The number of hydrogen-bond donors (Lipinski definition) is 1. The summed E-state index contributed by atoms with van der Waals surface area (Å²) in [5.41, 5.74) is 7.50. The molecule has 0 aliphatic heterocycles. The van der Waals surface area contributed by atoms with Crippen LogP contribution in [-0.2, 0) is 13.0 Å². The molecule has 0 spiro atoms. The summed E-state index contributed by atoms with van der Waals surface area (Å²) in [5.74, 6) is 0.815. The number of ether oxygens (including phenoxy) is 1. The van der Waals surface area contributed by atoms with E-state index in [2.05, 4.69) is 4.98 Å². The fourth-order valence-corrected chi connectivity index (χ4v) is 1.87. The van der Waals surface area contributed by atoms with E-state index >= 15 is 0 Å².